The first kappa shape index (κ1) is 59.2. The second-order valence-electron chi connectivity index (χ2n) is 16.9. The topological polar surface area (TPSA) is 329 Å². The van der Waals surface area contributed by atoms with Crippen LogP contribution in [0.4, 0.5) is 17.6 Å². The van der Waals surface area contributed by atoms with Crippen LogP contribution in [0.25, 0.3) is 43.6 Å². The second kappa shape index (κ2) is 25.4. The summed E-state index contributed by atoms with van der Waals surface area (Å²) in [4.78, 5) is 111. The summed E-state index contributed by atoms with van der Waals surface area (Å²) in [5, 5.41) is 16.6. The quantitative estimate of drug-likeness (QED) is 0.0445. The maximum Gasteiger partial charge on any atom is 0.377 e. The Kier molecular flexibility index (Phi) is 17.7. The summed E-state index contributed by atoms with van der Waals surface area (Å²) in [6.45, 7) is 0. The van der Waals surface area contributed by atoms with E-state index in [1.807, 2.05) is 0 Å². The number of H-pyrrole nitrogens is 3. The largest absolute Gasteiger partial charge is 0.464 e. The Morgan fingerprint density at radius 2 is 0.753 bits per heavy atom. The van der Waals surface area contributed by atoms with Gasteiger partial charge in [0.1, 0.15) is 23.3 Å². The average molecular weight is 1240 g/mol. The van der Waals surface area contributed by atoms with E-state index in [0.717, 1.165) is 51.3 Å². The second-order valence-corrected chi connectivity index (χ2v) is 20.4. The van der Waals surface area contributed by atoms with Crippen LogP contribution < -0.4 is 0 Å². The lowest BCUT2D eigenvalue weighted by Crippen LogP contribution is -2.05. The fourth-order valence-corrected chi connectivity index (χ4v) is 10.4. The first-order valence-corrected chi connectivity index (χ1v) is 26.9. The molecule has 12 aromatic rings. The number of methoxy groups -OCH3 is 4. The summed E-state index contributed by atoms with van der Waals surface area (Å²) in [5.74, 6) is -6.53. The van der Waals surface area contributed by atoms with Gasteiger partial charge in [0, 0.05) is 75.4 Å². The summed E-state index contributed by atoms with van der Waals surface area (Å²) < 4.78 is 80.6. The molecule has 0 fully saturated rings. The minimum atomic E-state index is -0.713. The molecule has 0 unspecified atom stereocenters. The number of carbonyl (C=O) groups is 8. The molecule has 0 aliphatic heterocycles. The highest BCUT2D eigenvalue weighted by Crippen LogP contribution is 2.28. The molecule has 8 aromatic heterocycles. The summed E-state index contributed by atoms with van der Waals surface area (Å²) in [6.07, 6.45) is 6.04. The van der Waals surface area contributed by atoms with Gasteiger partial charge in [0.05, 0.1) is 50.7 Å². The molecule has 32 heteroatoms. The van der Waals surface area contributed by atoms with Crippen LogP contribution in [-0.4, -0.2) is 134 Å². The molecule has 12 rings (SSSR count). The third-order valence-corrected chi connectivity index (χ3v) is 15.0. The number of rotatable bonds is 12. The highest BCUT2D eigenvalue weighted by atomic mass is 32.1. The number of esters is 4. The summed E-state index contributed by atoms with van der Waals surface area (Å²) >= 11 is 3.26. The molecule has 0 aliphatic rings. The minimum Gasteiger partial charge on any atom is -0.464 e. The van der Waals surface area contributed by atoms with Crippen molar-refractivity contribution in [2.24, 2.45) is 7.05 Å². The van der Waals surface area contributed by atoms with Crippen LogP contribution in [0, 0.1) is 23.3 Å². The fraction of sp³-hybridized carbons (Fsp3) is 0.0943. The van der Waals surface area contributed by atoms with E-state index in [2.05, 4.69) is 73.0 Å². The molecular formula is C53H34F4N12O12S4. The van der Waals surface area contributed by atoms with Gasteiger partial charge in [-0.15, -0.1) is 20.4 Å². The van der Waals surface area contributed by atoms with Gasteiger partial charge in [0.2, 0.25) is 33.1 Å². The number of carbonyl (C=O) groups excluding carboxylic acids is 8. The zero-order valence-corrected chi connectivity index (χ0v) is 47.1. The van der Waals surface area contributed by atoms with Gasteiger partial charge in [-0.05, 0) is 95.9 Å². The molecule has 85 heavy (non-hydrogen) atoms. The van der Waals surface area contributed by atoms with Crippen LogP contribution in [0.15, 0.2) is 97.6 Å². The smallest absolute Gasteiger partial charge is 0.377 e. The predicted molar refractivity (Wildman–Crippen MR) is 296 cm³/mol. The number of fused-ring (bicyclic) bond motifs is 4. The average Bonchev–Trinajstić information content (AvgIpc) is 2.83. The van der Waals surface area contributed by atoms with Gasteiger partial charge in [0.25, 0.3) is 11.6 Å². The van der Waals surface area contributed by atoms with Crippen LogP contribution in [0.1, 0.15) is 102 Å². The lowest BCUT2D eigenvalue weighted by Gasteiger charge is -1.96. The number of aryl methyl sites for hydroxylation is 1. The molecule has 8 heterocycles. The maximum absolute atomic E-state index is 13.4. The SMILES string of the molecule is COC(=O)c1nnc(C(=O)c2c[nH]c3ccc(F)cc23)s1.COC(=O)c1nnc(C(=O)c2c[nH]c3ccc(F)cc23)s1.COC(=O)c1nsc(C(=O)c2c[nH]c3ccc(F)cc23)n1.COC(=O)c1nsc(C(=O)c2cn(C)c3ccc(F)cc23)n1. The van der Waals surface area contributed by atoms with E-state index in [1.54, 1.807) is 42.1 Å². The zero-order valence-electron chi connectivity index (χ0n) is 43.8. The summed E-state index contributed by atoms with van der Waals surface area (Å²) in [7, 11) is 6.60. The van der Waals surface area contributed by atoms with Crippen molar-refractivity contribution in [3.05, 3.63) is 185 Å². The monoisotopic (exact) mass is 1230 g/mol. The number of hydrogen-bond donors (Lipinski definition) is 3. The number of benzene rings is 4. The van der Waals surface area contributed by atoms with Crippen LogP contribution in [0.2, 0.25) is 0 Å². The molecule has 0 atom stereocenters. The van der Waals surface area contributed by atoms with Crippen molar-refractivity contribution >= 4 is 136 Å². The molecule has 0 saturated heterocycles. The van der Waals surface area contributed by atoms with Crippen molar-refractivity contribution in [1.29, 1.82) is 0 Å². The van der Waals surface area contributed by atoms with E-state index in [4.69, 9.17) is 0 Å². The molecule has 3 N–H and O–H groups in total. The first-order chi connectivity index (χ1) is 40.8. The molecule has 4 aromatic carbocycles. The molecule has 24 nitrogen and oxygen atoms in total. The Morgan fingerprint density at radius 3 is 1.13 bits per heavy atom. The van der Waals surface area contributed by atoms with E-state index in [-0.39, 0.29) is 58.4 Å². The van der Waals surface area contributed by atoms with Crippen molar-refractivity contribution < 1.29 is 74.9 Å². The molecule has 0 amide bonds. The number of ether oxygens (including phenoxy) is 4. The zero-order chi connectivity index (χ0) is 60.8. The number of ketones is 4. The Labute approximate surface area is 487 Å². The van der Waals surface area contributed by atoms with E-state index < -0.39 is 70.3 Å². The standard InChI is InChI=1S/C14H10FN3O3S.3C13H8FN3O3S/c1-18-6-9(8-5-7(15)3-4-10(8)18)11(19)13-16-12(17-22-13)14(20)21-2;1-20-13(19)11-16-12(21-17-11)10(18)8-5-15-9-3-2-6(14)4-7(8)9;2*1-20-13(19)12-17-16-11(21-12)10(18)8-5-15-9-3-2-6(14)4-7(8)9/h3-6H,1-2H3;3*2-5,15H,1H3. The number of nitrogens with zero attached hydrogens (tertiary/aromatic N) is 9. The molecule has 0 spiro atoms. The third-order valence-electron chi connectivity index (χ3n) is 11.8. The van der Waals surface area contributed by atoms with E-state index in [9.17, 15) is 55.9 Å². The molecule has 0 bridgehead atoms. The first-order valence-electron chi connectivity index (χ1n) is 23.7. The number of aromatic nitrogens is 12. The Morgan fingerprint density at radius 1 is 0.424 bits per heavy atom. The highest BCUT2D eigenvalue weighted by Gasteiger charge is 2.26. The molecule has 0 radical (unpaired) electrons. The number of hydrogen-bond acceptors (Lipinski definition) is 24. The highest BCUT2D eigenvalue weighted by molar-refractivity contribution is 7.15. The van der Waals surface area contributed by atoms with Gasteiger partial charge in [-0.1, -0.05) is 22.7 Å². The fourth-order valence-electron chi connectivity index (χ4n) is 7.80. The third kappa shape index (κ3) is 12.7. The Bertz CT molecular complexity index is 4280. The number of aromatic amines is 3. The van der Waals surface area contributed by atoms with Crippen LogP contribution >= 0.6 is 45.7 Å². The minimum absolute atomic E-state index is 0.00753. The molecule has 0 saturated carbocycles. The van der Waals surface area contributed by atoms with Crippen molar-refractivity contribution in [3.8, 4) is 0 Å². The van der Waals surface area contributed by atoms with Gasteiger partial charge >= 0.3 is 23.9 Å². The van der Waals surface area contributed by atoms with Crippen molar-refractivity contribution in [1.82, 2.24) is 58.6 Å². The Hall–Kier alpha value is -10.4. The van der Waals surface area contributed by atoms with Gasteiger partial charge in [0.15, 0.2) is 20.0 Å². The number of nitrogens with one attached hydrogen (secondary N) is 3. The maximum atomic E-state index is 13.4. The summed E-state index contributed by atoms with van der Waals surface area (Å²) in [6, 6.07) is 16.5. The van der Waals surface area contributed by atoms with Crippen molar-refractivity contribution in [2.45, 2.75) is 0 Å². The normalized spacial score (nSPS) is 10.8. The molecule has 430 valence electrons. The Balaban J connectivity index is 0.000000136. The van der Waals surface area contributed by atoms with E-state index >= 15 is 0 Å². The van der Waals surface area contributed by atoms with E-state index in [1.165, 1.54) is 95.6 Å². The van der Waals surface area contributed by atoms with Gasteiger partial charge in [-0.25, -0.2) is 46.7 Å². The van der Waals surface area contributed by atoms with Crippen LogP contribution in [0.5, 0.6) is 0 Å². The lowest BCUT2D eigenvalue weighted by atomic mass is 10.1. The van der Waals surface area contributed by atoms with Crippen molar-refractivity contribution in [2.75, 3.05) is 28.4 Å². The van der Waals surface area contributed by atoms with Crippen LogP contribution in [-0.2, 0) is 26.0 Å². The molecular weight excluding hydrogens is 1200 g/mol. The van der Waals surface area contributed by atoms with Gasteiger partial charge in [-0.3, -0.25) is 19.2 Å². The predicted octanol–water partition coefficient (Wildman–Crippen LogP) is 8.71. The van der Waals surface area contributed by atoms with Gasteiger partial charge < -0.3 is 38.5 Å². The number of halogens is 4. The van der Waals surface area contributed by atoms with Gasteiger partial charge in [-0.2, -0.15) is 8.75 Å². The lowest BCUT2D eigenvalue weighted by molar-refractivity contribution is 0.0579. The van der Waals surface area contributed by atoms with Crippen molar-refractivity contribution in [3.63, 3.8) is 0 Å². The summed E-state index contributed by atoms with van der Waals surface area (Å²) in [5.41, 5.74) is 3.77. The van der Waals surface area contributed by atoms with E-state index in [0.29, 0.717) is 43.7 Å². The van der Waals surface area contributed by atoms with Crippen LogP contribution in [0.3, 0.4) is 0 Å². The molecule has 0 aliphatic carbocycles.